The van der Waals surface area contributed by atoms with Crippen LogP contribution in [0.1, 0.15) is 5.56 Å². The van der Waals surface area contributed by atoms with E-state index in [0.717, 1.165) is 15.7 Å². The van der Waals surface area contributed by atoms with Gasteiger partial charge < -0.3 is 5.32 Å². The van der Waals surface area contributed by atoms with Crippen molar-refractivity contribution < 1.29 is 8.78 Å². The van der Waals surface area contributed by atoms with Gasteiger partial charge in [0.1, 0.15) is 0 Å². The van der Waals surface area contributed by atoms with E-state index >= 15 is 0 Å². The third-order valence-electron chi connectivity index (χ3n) is 1.62. The minimum Gasteiger partial charge on any atom is -0.379 e. The molecule has 0 aromatic heterocycles. The zero-order valence-electron chi connectivity index (χ0n) is 7.15. The summed E-state index contributed by atoms with van der Waals surface area (Å²) in [4.78, 5) is 0. The molecule has 0 aliphatic heterocycles. The van der Waals surface area contributed by atoms with Gasteiger partial charge in [-0.3, -0.25) is 0 Å². The first kappa shape index (κ1) is 10.4. The van der Waals surface area contributed by atoms with Gasteiger partial charge in [0.15, 0.2) is 0 Å². The Morgan fingerprint density at radius 3 is 2.69 bits per heavy atom. The van der Waals surface area contributed by atoms with Gasteiger partial charge in [0.25, 0.3) is 6.43 Å². The molecule has 0 spiro atoms. The lowest BCUT2D eigenvalue weighted by molar-refractivity contribution is 0.163. The Labute approximate surface area is 84.3 Å². The summed E-state index contributed by atoms with van der Waals surface area (Å²) in [5.41, 5.74) is 1.75. The van der Waals surface area contributed by atoms with Gasteiger partial charge in [-0.15, -0.1) is 0 Å². The predicted molar refractivity (Wildman–Crippen MR) is 53.4 cm³/mol. The molecule has 0 saturated carbocycles. The van der Waals surface area contributed by atoms with Crippen LogP contribution in [0.15, 0.2) is 22.7 Å². The van der Waals surface area contributed by atoms with Gasteiger partial charge in [-0.05, 0) is 30.7 Å². The number of aryl methyl sites for hydroxylation is 1. The Bertz CT molecular complexity index is 289. The molecule has 0 radical (unpaired) electrons. The lowest BCUT2D eigenvalue weighted by Gasteiger charge is -2.06. The molecular formula is C9H10BrF2N. The van der Waals surface area contributed by atoms with Crippen LogP contribution >= 0.6 is 15.9 Å². The van der Waals surface area contributed by atoms with Gasteiger partial charge in [0.2, 0.25) is 0 Å². The molecule has 0 saturated heterocycles. The van der Waals surface area contributed by atoms with Crippen molar-refractivity contribution in [3.63, 3.8) is 0 Å². The molecule has 1 aromatic rings. The number of hydrogen-bond acceptors (Lipinski definition) is 1. The highest BCUT2D eigenvalue weighted by Gasteiger charge is 2.02. The Morgan fingerprint density at radius 2 is 2.15 bits per heavy atom. The molecule has 1 nitrogen and oxygen atoms in total. The number of rotatable bonds is 3. The van der Waals surface area contributed by atoms with Crippen molar-refractivity contribution in [1.82, 2.24) is 0 Å². The van der Waals surface area contributed by atoms with E-state index in [1.54, 1.807) is 6.07 Å². The fourth-order valence-electron chi connectivity index (χ4n) is 0.950. The van der Waals surface area contributed by atoms with Crippen LogP contribution in [-0.4, -0.2) is 13.0 Å². The molecule has 0 fully saturated rings. The van der Waals surface area contributed by atoms with Crippen LogP contribution in [0.25, 0.3) is 0 Å². The normalized spacial score (nSPS) is 10.5. The van der Waals surface area contributed by atoms with E-state index in [1.807, 2.05) is 19.1 Å². The summed E-state index contributed by atoms with van der Waals surface area (Å²) in [5.74, 6) is 0. The molecule has 0 amide bonds. The fourth-order valence-corrected chi connectivity index (χ4v) is 1.20. The zero-order chi connectivity index (χ0) is 9.84. The molecule has 1 aromatic carbocycles. The molecule has 1 N–H and O–H groups in total. The van der Waals surface area contributed by atoms with Crippen LogP contribution in [0.3, 0.4) is 0 Å². The summed E-state index contributed by atoms with van der Waals surface area (Å²) in [6.07, 6.45) is -2.32. The SMILES string of the molecule is Cc1cc(NCC(F)F)ccc1Br. The summed E-state index contributed by atoms with van der Waals surface area (Å²) in [7, 11) is 0. The quantitative estimate of drug-likeness (QED) is 0.866. The van der Waals surface area contributed by atoms with Crippen molar-refractivity contribution in [2.75, 3.05) is 11.9 Å². The molecule has 0 aliphatic rings. The number of benzene rings is 1. The Hall–Kier alpha value is -0.640. The van der Waals surface area contributed by atoms with Gasteiger partial charge in [-0.1, -0.05) is 15.9 Å². The number of anilines is 1. The first-order valence-electron chi connectivity index (χ1n) is 3.88. The molecule has 72 valence electrons. The van der Waals surface area contributed by atoms with E-state index in [1.165, 1.54) is 0 Å². The van der Waals surface area contributed by atoms with Crippen molar-refractivity contribution in [1.29, 1.82) is 0 Å². The second-order valence-corrected chi connectivity index (χ2v) is 3.59. The Balaban J connectivity index is 2.63. The van der Waals surface area contributed by atoms with Crippen molar-refractivity contribution in [3.8, 4) is 0 Å². The van der Waals surface area contributed by atoms with E-state index in [-0.39, 0.29) is 6.54 Å². The monoisotopic (exact) mass is 249 g/mol. The molecule has 0 atom stereocenters. The topological polar surface area (TPSA) is 12.0 Å². The Kier molecular flexibility index (Phi) is 3.66. The van der Waals surface area contributed by atoms with Gasteiger partial charge in [-0.2, -0.15) is 0 Å². The molecule has 4 heteroatoms. The van der Waals surface area contributed by atoms with Crippen LogP contribution in [-0.2, 0) is 0 Å². The molecule has 0 bridgehead atoms. The van der Waals surface area contributed by atoms with Crippen LogP contribution in [0.5, 0.6) is 0 Å². The molecular weight excluding hydrogens is 240 g/mol. The van der Waals surface area contributed by atoms with E-state index in [0.29, 0.717) is 0 Å². The van der Waals surface area contributed by atoms with Crippen molar-refractivity contribution in [3.05, 3.63) is 28.2 Å². The molecule has 0 heterocycles. The highest BCUT2D eigenvalue weighted by molar-refractivity contribution is 9.10. The molecule has 0 aliphatic carbocycles. The fraction of sp³-hybridized carbons (Fsp3) is 0.333. The highest BCUT2D eigenvalue weighted by atomic mass is 79.9. The first-order chi connectivity index (χ1) is 6.09. The van der Waals surface area contributed by atoms with E-state index < -0.39 is 6.43 Å². The lowest BCUT2D eigenvalue weighted by atomic mass is 10.2. The number of hydrogen-bond donors (Lipinski definition) is 1. The Morgan fingerprint density at radius 1 is 1.46 bits per heavy atom. The maximum absolute atomic E-state index is 11.8. The second kappa shape index (κ2) is 4.56. The van der Waals surface area contributed by atoms with Gasteiger partial charge in [0.05, 0.1) is 6.54 Å². The number of nitrogens with one attached hydrogen (secondary N) is 1. The molecule has 1 rings (SSSR count). The lowest BCUT2D eigenvalue weighted by Crippen LogP contribution is -2.10. The van der Waals surface area contributed by atoms with Gasteiger partial charge >= 0.3 is 0 Å². The highest BCUT2D eigenvalue weighted by Crippen LogP contribution is 2.19. The zero-order valence-corrected chi connectivity index (χ0v) is 8.74. The minimum absolute atomic E-state index is 0.304. The summed E-state index contributed by atoms with van der Waals surface area (Å²) in [6.45, 7) is 1.61. The average molecular weight is 250 g/mol. The third kappa shape index (κ3) is 3.30. The second-order valence-electron chi connectivity index (χ2n) is 2.74. The standard InChI is InChI=1S/C9H10BrF2N/c1-6-4-7(2-3-8(6)10)13-5-9(11)12/h2-4,9,13H,5H2,1H3. The predicted octanol–water partition coefficient (Wildman–Crippen LogP) is 3.43. The van der Waals surface area contributed by atoms with Crippen molar-refractivity contribution >= 4 is 21.6 Å². The van der Waals surface area contributed by atoms with Crippen LogP contribution in [0.2, 0.25) is 0 Å². The molecule has 0 unspecified atom stereocenters. The largest absolute Gasteiger partial charge is 0.379 e. The summed E-state index contributed by atoms with van der Waals surface area (Å²) >= 11 is 3.33. The molecule has 13 heavy (non-hydrogen) atoms. The summed E-state index contributed by atoms with van der Waals surface area (Å²) < 4.78 is 24.6. The average Bonchev–Trinajstić information content (AvgIpc) is 2.07. The summed E-state index contributed by atoms with van der Waals surface area (Å²) in [5, 5.41) is 2.64. The van der Waals surface area contributed by atoms with Crippen molar-refractivity contribution in [2.45, 2.75) is 13.3 Å². The summed E-state index contributed by atoms with van der Waals surface area (Å²) in [6, 6.07) is 5.43. The van der Waals surface area contributed by atoms with Crippen LogP contribution in [0, 0.1) is 6.92 Å². The van der Waals surface area contributed by atoms with E-state index in [9.17, 15) is 8.78 Å². The van der Waals surface area contributed by atoms with Gasteiger partial charge in [0, 0.05) is 10.2 Å². The maximum atomic E-state index is 11.8. The van der Waals surface area contributed by atoms with E-state index in [2.05, 4.69) is 21.2 Å². The van der Waals surface area contributed by atoms with Crippen LogP contribution < -0.4 is 5.32 Å². The van der Waals surface area contributed by atoms with Gasteiger partial charge in [-0.25, -0.2) is 8.78 Å². The maximum Gasteiger partial charge on any atom is 0.255 e. The van der Waals surface area contributed by atoms with Crippen LogP contribution in [0.4, 0.5) is 14.5 Å². The third-order valence-corrected chi connectivity index (χ3v) is 2.51. The minimum atomic E-state index is -2.32. The smallest absolute Gasteiger partial charge is 0.255 e. The van der Waals surface area contributed by atoms with Crippen molar-refractivity contribution in [2.24, 2.45) is 0 Å². The first-order valence-corrected chi connectivity index (χ1v) is 4.67. The number of alkyl halides is 2. The number of halogens is 3. The van der Waals surface area contributed by atoms with E-state index in [4.69, 9.17) is 0 Å².